The molecule has 0 bridgehead atoms. The smallest absolute Gasteiger partial charge is 0.211 e. The number of benzene rings is 4. The summed E-state index contributed by atoms with van der Waals surface area (Å²) in [6.07, 6.45) is 7.87. The van der Waals surface area contributed by atoms with Crippen LogP contribution in [0.1, 0.15) is 33.4 Å². The van der Waals surface area contributed by atoms with Crippen LogP contribution < -0.4 is 0 Å². The zero-order valence-electron chi connectivity index (χ0n) is 20.6. The lowest BCUT2D eigenvalue weighted by Gasteiger charge is -2.12. The van der Waals surface area contributed by atoms with Crippen LogP contribution in [-0.2, 0) is 38.4 Å². The maximum absolute atomic E-state index is 11.1. The Kier molecular flexibility index (Phi) is 8.88. The van der Waals surface area contributed by atoms with Crippen molar-refractivity contribution in [2.24, 2.45) is 20.0 Å². The van der Waals surface area contributed by atoms with Crippen molar-refractivity contribution in [1.29, 1.82) is 0 Å². The number of carbonyl (C=O) groups excluding carboxylic acids is 4. The van der Waals surface area contributed by atoms with Gasteiger partial charge in [-0.3, -0.25) is 0 Å². The van der Waals surface area contributed by atoms with Crippen LogP contribution in [0.3, 0.4) is 0 Å². The van der Waals surface area contributed by atoms with E-state index >= 15 is 0 Å². The van der Waals surface area contributed by atoms with E-state index in [0.29, 0.717) is 42.0 Å². The van der Waals surface area contributed by atoms with Gasteiger partial charge < -0.3 is 0 Å². The Morgan fingerprint density at radius 2 is 0.769 bits per heavy atom. The van der Waals surface area contributed by atoms with E-state index in [1.807, 2.05) is 48.5 Å². The van der Waals surface area contributed by atoms with E-state index in [2.05, 4.69) is 20.0 Å². The van der Waals surface area contributed by atoms with Crippen molar-refractivity contribution in [3.63, 3.8) is 0 Å². The van der Waals surface area contributed by atoms with Crippen molar-refractivity contribution in [3.05, 3.63) is 118 Å². The molecule has 8 heteroatoms. The standard InChI is InChI=1S/C31H20N4O4/c36-18-32-28-7-1-22(2-8-28)13-24-5-11-31(35-21-39)27(15-24)17-25-6-12-30(34-20-38)26(16-25)14-23-3-9-29(10-4-23)33-19-37/h1-12,15-16H,13-14,17H2. The molecule has 0 N–H and O–H groups in total. The third-order valence-electron chi connectivity index (χ3n) is 6.04. The monoisotopic (exact) mass is 512 g/mol. The molecule has 0 aliphatic carbocycles. The molecule has 4 rings (SSSR count). The van der Waals surface area contributed by atoms with Gasteiger partial charge in [-0.2, -0.15) is 20.0 Å². The van der Waals surface area contributed by atoms with Gasteiger partial charge in [-0.25, -0.2) is 19.2 Å². The maximum atomic E-state index is 11.1. The predicted molar refractivity (Wildman–Crippen MR) is 145 cm³/mol. The van der Waals surface area contributed by atoms with E-state index in [9.17, 15) is 19.2 Å². The predicted octanol–water partition coefficient (Wildman–Crippen LogP) is 6.33. The van der Waals surface area contributed by atoms with Crippen LogP contribution in [0.15, 0.2) is 105 Å². The zero-order valence-corrected chi connectivity index (χ0v) is 20.6. The molecule has 0 unspecified atom stereocenters. The van der Waals surface area contributed by atoms with Crippen molar-refractivity contribution in [1.82, 2.24) is 0 Å². The Morgan fingerprint density at radius 3 is 1.21 bits per heavy atom. The van der Waals surface area contributed by atoms with Crippen LogP contribution in [0.4, 0.5) is 22.7 Å². The van der Waals surface area contributed by atoms with E-state index in [4.69, 9.17) is 0 Å². The Balaban J connectivity index is 1.63. The fourth-order valence-corrected chi connectivity index (χ4v) is 4.25. The van der Waals surface area contributed by atoms with Gasteiger partial charge in [-0.15, -0.1) is 0 Å². The van der Waals surface area contributed by atoms with Crippen molar-refractivity contribution in [2.75, 3.05) is 0 Å². The molecule has 0 fully saturated rings. The Labute approximate surface area is 223 Å². The number of nitrogens with zero attached hydrogens (tertiary/aromatic N) is 4. The fourth-order valence-electron chi connectivity index (χ4n) is 4.25. The molecule has 4 aromatic rings. The van der Waals surface area contributed by atoms with Crippen molar-refractivity contribution < 1.29 is 19.2 Å². The molecule has 188 valence electrons. The molecule has 0 radical (unpaired) electrons. The molecule has 39 heavy (non-hydrogen) atoms. The molecule has 0 aliphatic heterocycles. The van der Waals surface area contributed by atoms with Crippen LogP contribution in [0.5, 0.6) is 0 Å². The van der Waals surface area contributed by atoms with Crippen LogP contribution >= 0.6 is 0 Å². The highest BCUT2D eigenvalue weighted by atomic mass is 16.1. The first-order valence-corrected chi connectivity index (χ1v) is 11.8. The quantitative estimate of drug-likeness (QED) is 0.182. The Bertz CT molecular complexity index is 1690. The third-order valence-corrected chi connectivity index (χ3v) is 6.04. The van der Waals surface area contributed by atoms with E-state index in [-0.39, 0.29) is 0 Å². The summed E-state index contributed by atoms with van der Waals surface area (Å²) in [5.74, 6) is 0. The highest BCUT2D eigenvalue weighted by molar-refractivity contribution is 5.60. The molecule has 0 aliphatic rings. The van der Waals surface area contributed by atoms with Gasteiger partial charge in [0.1, 0.15) is 0 Å². The second-order valence-corrected chi connectivity index (χ2v) is 8.60. The molecule has 0 spiro atoms. The molecule has 0 amide bonds. The van der Waals surface area contributed by atoms with Crippen molar-refractivity contribution in [3.8, 4) is 0 Å². The van der Waals surface area contributed by atoms with Gasteiger partial charge in [0, 0.05) is 0 Å². The summed E-state index contributed by atoms with van der Waals surface area (Å²) in [6.45, 7) is 0. The van der Waals surface area contributed by atoms with Gasteiger partial charge in [0.05, 0.1) is 22.7 Å². The Morgan fingerprint density at radius 1 is 0.410 bits per heavy atom. The summed E-state index contributed by atoms with van der Waals surface area (Å²) in [4.78, 5) is 58.0. The summed E-state index contributed by atoms with van der Waals surface area (Å²) in [7, 11) is 0. The molecule has 0 heterocycles. The lowest BCUT2D eigenvalue weighted by molar-refractivity contribution is 0.564. The van der Waals surface area contributed by atoms with Crippen molar-refractivity contribution >= 4 is 47.1 Å². The molecular weight excluding hydrogens is 492 g/mol. The maximum Gasteiger partial charge on any atom is 0.240 e. The minimum absolute atomic E-state index is 0.479. The van der Waals surface area contributed by atoms with Crippen LogP contribution in [0.2, 0.25) is 0 Å². The zero-order chi connectivity index (χ0) is 27.5. The van der Waals surface area contributed by atoms with Gasteiger partial charge in [0.15, 0.2) is 0 Å². The van der Waals surface area contributed by atoms with E-state index in [0.717, 1.165) is 33.4 Å². The molecule has 8 nitrogen and oxygen atoms in total. The number of isocyanates is 4. The molecule has 0 saturated heterocycles. The molecule has 0 aromatic heterocycles. The number of hydrogen-bond donors (Lipinski definition) is 0. The fraction of sp³-hybridized carbons (Fsp3) is 0.0968. The SMILES string of the molecule is O=C=Nc1ccc(Cc2ccc(N=C=O)c(Cc3ccc(N=C=O)c(Cc4ccc(N=C=O)cc4)c3)c2)cc1. The minimum atomic E-state index is 0.479. The first kappa shape index (κ1) is 26.5. The number of rotatable bonds is 10. The largest absolute Gasteiger partial charge is 0.240 e. The third kappa shape index (κ3) is 7.22. The second-order valence-electron chi connectivity index (χ2n) is 8.60. The van der Waals surface area contributed by atoms with Gasteiger partial charge in [-0.05, 0) is 89.0 Å². The van der Waals surface area contributed by atoms with Gasteiger partial charge >= 0.3 is 0 Å². The van der Waals surface area contributed by atoms with Gasteiger partial charge in [0.25, 0.3) is 0 Å². The van der Waals surface area contributed by atoms with Crippen LogP contribution in [0, 0.1) is 0 Å². The summed E-state index contributed by atoms with van der Waals surface area (Å²) < 4.78 is 0. The average molecular weight is 513 g/mol. The van der Waals surface area contributed by atoms with E-state index in [1.54, 1.807) is 48.6 Å². The lowest BCUT2D eigenvalue weighted by atomic mass is 9.95. The van der Waals surface area contributed by atoms with Gasteiger partial charge in [-0.1, -0.05) is 48.5 Å². The lowest BCUT2D eigenvalue weighted by Crippen LogP contribution is -1.96. The molecule has 0 atom stereocenters. The minimum Gasteiger partial charge on any atom is -0.211 e. The Hall–Kier alpha value is -5.60. The molecule has 4 aromatic carbocycles. The topological polar surface area (TPSA) is 118 Å². The normalized spacial score (nSPS) is 9.85. The highest BCUT2D eigenvalue weighted by Gasteiger charge is 2.10. The number of hydrogen-bond acceptors (Lipinski definition) is 8. The summed E-state index contributed by atoms with van der Waals surface area (Å²) >= 11 is 0. The van der Waals surface area contributed by atoms with Crippen LogP contribution in [-0.4, -0.2) is 24.3 Å². The van der Waals surface area contributed by atoms with Crippen molar-refractivity contribution in [2.45, 2.75) is 19.3 Å². The number of aliphatic imine (C=N–C) groups is 4. The second kappa shape index (κ2) is 13.1. The molecule has 0 saturated carbocycles. The summed E-state index contributed by atoms with van der Waals surface area (Å²) in [6, 6.07) is 25.7. The molecular formula is C31H20N4O4. The average Bonchev–Trinajstić information content (AvgIpc) is 2.94. The summed E-state index contributed by atoms with van der Waals surface area (Å²) in [5, 5.41) is 0. The van der Waals surface area contributed by atoms with E-state index < -0.39 is 0 Å². The first-order chi connectivity index (χ1) is 19.1. The van der Waals surface area contributed by atoms with E-state index in [1.165, 1.54) is 12.2 Å². The highest BCUT2D eigenvalue weighted by Crippen LogP contribution is 2.29. The first-order valence-electron chi connectivity index (χ1n) is 11.8. The van der Waals surface area contributed by atoms with Gasteiger partial charge in [0.2, 0.25) is 24.3 Å². The van der Waals surface area contributed by atoms with Crippen LogP contribution in [0.25, 0.3) is 0 Å². The summed E-state index contributed by atoms with van der Waals surface area (Å²) in [5.41, 5.74) is 7.64.